The molecule has 4 rings (SSSR count). The molecule has 0 saturated heterocycles. The van der Waals surface area contributed by atoms with E-state index in [-0.39, 0.29) is 0 Å². The monoisotopic (exact) mass is 444 g/mol. The van der Waals surface area contributed by atoms with Crippen LogP contribution in [0, 0.1) is 22.7 Å². The first-order chi connectivity index (χ1) is 15.5. The maximum absolute atomic E-state index is 11.9. The van der Waals surface area contributed by atoms with E-state index in [1.165, 1.54) is 77.0 Å². The van der Waals surface area contributed by atoms with Crippen LogP contribution in [0.2, 0.25) is 0 Å². The van der Waals surface area contributed by atoms with Crippen LogP contribution < -0.4 is 0 Å². The molecule has 184 valence electrons. The number of unbranched alkanes of at least 4 members (excludes halogenated alkanes) is 6. The normalized spacial score (nSPS) is 30.7. The molecule has 32 heavy (non-hydrogen) atoms. The van der Waals surface area contributed by atoms with Crippen molar-refractivity contribution in [1.82, 2.24) is 0 Å². The minimum Gasteiger partial charge on any atom is -0.300 e. The molecule has 2 heteroatoms. The minimum atomic E-state index is 0.493. The highest BCUT2D eigenvalue weighted by atomic mass is 16.1. The van der Waals surface area contributed by atoms with E-state index in [0.29, 0.717) is 22.4 Å². The second-order valence-electron chi connectivity index (χ2n) is 12.4. The van der Waals surface area contributed by atoms with Gasteiger partial charge >= 0.3 is 0 Å². The third-order valence-corrected chi connectivity index (χ3v) is 9.25. The van der Waals surface area contributed by atoms with Gasteiger partial charge in [0.05, 0.1) is 0 Å². The number of carbonyl (C=O) groups is 2. The molecule has 0 spiro atoms. The molecule has 2 nitrogen and oxygen atoms in total. The zero-order valence-electron chi connectivity index (χ0n) is 21.5. The van der Waals surface area contributed by atoms with Crippen LogP contribution in [0.4, 0.5) is 0 Å². The minimum absolute atomic E-state index is 0.493. The van der Waals surface area contributed by atoms with Crippen LogP contribution in [0.3, 0.4) is 0 Å². The third-order valence-electron chi connectivity index (χ3n) is 9.25. The van der Waals surface area contributed by atoms with Crippen molar-refractivity contribution >= 4 is 11.6 Å². The van der Waals surface area contributed by atoms with E-state index in [2.05, 4.69) is 13.8 Å². The molecule has 4 aliphatic carbocycles. The lowest BCUT2D eigenvalue weighted by Gasteiger charge is -2.63. The maximum atomic E-state index is 11.9. The fourth-order valence-corrected chi connectivity index (χ4v) is 8.23. The average Bonchev–Trinajstić information content (AvgIpc) is 2.74. The molecule has 0 unspecified atom stereocenters. The fraction of sp³-hybridized carbons (Fsp3) is 0.933. The Morgan fingerprint density at radius 2 is 1.00 bits per heavy atom. The summed E-state index contributed by atoms with van der Waals surface area (Å²) in [5.41, 5.74) is 1.29. The van der Waals surface area contributed by atoms with E-state index in [0.717, 1.165) is 76.0 Å². The predicted octanol–water partition coefficient (Wildman–Crippen LogP) is 8.99. The summed E-state index contributed by atoms with van der Waals surface area (Å²) in [6.07, 6.45) is 27.0. The van der Waals surface area contributed by atoms with Crippen LogP contribution in [0.25, 0.3) is 0 Å². The number of carbonyl (C=O) groups excluding carboxylic acids is 2. The zero-order chi connectivity index (χ0) is 22.9. The Bertz CT molecular complexity index is 530. The zero-order valence-corrected chi connectivity index (χ0v) is 21.5. The summed E-state index contributed by atoms with van der Waals surface area (Å²) in [4.78, 5) is 23.9. The Morgan fingerprint density at radius 3 is 1.41 bits per heavy atom. The van der Waals surface area contributed by atoms with Gasteiger partial charge in [-0.05, 0) is 99.7 Å². The van der Waals surface area contributed by atoms with Crippen molar-refractivity contribution in [2.75, 3.05) is 0 Å². The van der Waals surface area contributed by atoms with E-state index in [4.69, 9.17) is 0 Å². The van der Waals surface area contributed by atoms with Gasteiger partial charge in [-0.1, -0.05) is 52.4 Å². The van der Waals surface area contributed by atoms with Crippen LogP contribution in [-0.2, 0) is 9.59 Å². The molecule has 0 aromatic heterocycles. The molecular weight excluding hydrogens is 392 g/mol. The maximum Gasteiger partial charge on any atom is 0.132 e. The van der Waals surface area contributed by atoms with Crippen LogP contribution in [0.5, 0.6) is 0 Å². The first-order valence-electron chi connectivity index (χ1n) is 14.5. The summed E-state index contributed by atoms with van der Waals surface area (Å²) < 4.78 is 0. The van der Waals surface area contributed by atoms with Gasteiger partial charge in [-0.3, -0.25) is 9.59 Å². The lowest BCUT2D eigenvalue weighted by atomic mass is 9.42. The molecule has 4 saturated carbocycles. The SMILES string of the molecule is CCCCC(=O)CCCCCC12CC3CC(C1)CC(CCCCCC(=O)CCCC)(C3)C2. The highest BCUT2D eigenvalue weighted by Gasteiger charge is 2.56. The van der Waals surface area contributed by atoms with Crippen molar-refractivity contribution in [3.05, 3.63) is 0 Å². The van der Waals surface area contributed by atoms with Crippen molar-refractivity contribution in [2.45, 2.75) is 155 Å². The summed E-state index contributed by atoms with van der Waals surface area (Å²) in [6, 6.07) is 0. The molecule has 0 N–H and O–H groups in total. The molecule has 0 aromatic rings. The average molecular weight is 445 g/mol. The largest absolute Gasteiger partial charge is 0.300 e. The van der Waals surface area contributed by atoms with E-state index in [1.807, 2.05) is 0 Å². The first kappa shape index (κ1) is 26.0. The van der Waals surface area contributed by atoms with E-state index in [1.54, 1.807) is 0 Å². The lowest BCUT2D eigenvalue weighted by molar-refractivity contribution is -0.120. The summed E-state index contributed by atoms with van der Waals surface area (Å²) in [5.74, 6) is 2.99. The van der Waals surface area contributed by atoms with E-state index in [9.17, 15) is 9.59 Å². The van der Waals surface area contributed by atoms with Crippen molar-refractivity contribution in [3.63, 3.8) is 0 Å². The topological polar surface area (TPSA) is 34.1 Å². The van der Waals surface area contributed by atoms with E-state index < -0.39 is 0 Å². The molecule has 0 aromatic carbocycles. The second-order valence-corrected chi connectivity index (χ2v) is 12.4. The quantitative estimate of drug-likeness (QED) is 0.198. The first-order valence-corrected chi connectivity index (χ1v) is 14.5. The lowest BCUT2D eigenvalue weighted by Crippen LogP contribution is -2.51. The van der Waals surface area contributed by atoms with E-state index >= 15 is 0 Å². The Hall–Kier alpha value is -0.660. The molecular formula is C30H52O2. The van der Waals surface area contributed by atoms with Crippen LogP contribution >= 0.6 is 0 Å². The molecule has 0 amide bonds. The van der Waals surface area contributed by atoms with Gasteiger partial charge in [0.15, 0.2) is 0 Å². The van der Waals surface area contributed by atoms with Gasteiger partial charge in [0.2, 0.25) is 0 Å². The highest BCUT2D eigenvalue weighted by molar-refractivity contribution is 5.78. The smallest absolute Gasteiger partial charge is 0.132 e. The van der Waals surface area contributed by atoms with Gasteiger partial charge in [0.1, 0.15) is 11.6 Å². The highest BCUT2D eigenvalue weighted by Crippen LogP contribution is 2.68. The molecule has 4 bridgehead atoms. The molecule has 4 fully saturated rings. The molecule has 4 aliphatic rings. The van der Waals surface area contributed by atoms with Crippen LogP contribution in [-0.4, -0.2) is 11.6 Å². The Morgan fingerprint density at radius 1 is 0.594 bits per heavy atom. The van der Waals surface area contributed by atoms with Gasteiger partial charge in [0, 0.05) is 25.7 Å². The van der Waals surface area contributed by atoms with Gasteiger partial charge in [-0.2, -0.15) is 0 Å². The van der Waals surface area contributed by atoms with Crippen molar-refractivity contribution in [2.24, 2.45) is 22.7 Å². The molecule has 0 aliphatic heterocycles. The Kier molecular flexibility index (Phi) is 10.3. The summed E-state index contributed by atoms with van der Waals surface area (Å²) in [7, 11) is 0. The van der Waals surface area contributed by atoms with Crippen molar-refractivity contribution in [3.8, 4) is 0 Å². The van der Waals surface area contributed by atoms with Gasteiger partial charge in [-0.25, -0.2) is 0 Å². The number of hydrogen-bond acceptors (Lipinski definition) is 2. The van der Waals surface area contributed by atoms with Gasteiger partial charge in [0.25, 0.3) is 0 Å². The van der Waals surface area contributed by atoms with Gasteiger partial charge in [-0.15, -0.1) is 0 Å². The number of ketones is 2. The Balaban J connectivity index is 1.37. The molecule has 0 radical (unpaired) electrons. The van der Waals surface area contributed by atoms with Crippen LogP contribution in [0.15, 0.2) is 0 Å². The molecule has 0 heterocycles. The number of hydrogen-bond donors (Lipinski definition) is 0. The second kappa shape index (κ2) is 12.7. The standard InChI is InChI=1S/C30H52O2/c1-3-5-13-27(31)15-9-7-11-17-29-20-25-19-26(21-29)23-30(22-25,24-29)18-12-8-10-16-28(32)14-6-4-2/h25-26H,3-24H2,1-2H3. The van der Waals surface area contributed by atoms with Gasteiger partial charge < -0.3 is 0 Å². The van der Waals surface area contributed by atoms with Crippen molar-refractivity contribution < 1.29 is 9.59 Å². The predicted molar refractivity (Wildman–Crippen MR) is 135 cm³/mol. The van der Waals surface area contributed by atoms with Crippen molar-refractivity contribution in [1.29, 1.82) is 0 Å². The number of Topliss-reactive ketones (excluding diaryl/α,β-unsaturated/α-hetero) is 2. The summed E-state index contributed by atoms with van der Waals surface area (Å²) in [6.45, 7) is 4.34. The fourth-order valence-electron chi connectivity index (χ4n) is 8.23. The summed E-state index contributed by atoms with van der Waals surface area (Å²) in [5, 5.41) is 0. The Labute approximate surface area is 199 Å². The number of rotatable bonds is 18. The third kappa shape index (κ3) is 7.69. The van der Waals surface area contributed by atoms with Crippen LogP contribution in [0.1, 0.15) is 155 Å². The summed E-state index contributed by atoms with van der Waals surface area (Å²) >= 11 is 0. The molecule has 0 atom stereocenters.